The summed E-state index contributed by atoms with van der Waals surface area (Å²) in [7, 11) is 0. The minimum atomic E-state index is -0.204. The van der Waals surface area contributed by atoms with Crippen molar-refractivity contribution in [3.8, 4) is 0 Å². The molecule has 0 saturated carbocycles. The lowest BCUT2D eigenvalue weighted by Gasteiger charge is -2.25. The van der Waals surface area contributed by atoms with E-state index in [2.05, 4.69) is 26.6 Å². The maximum absolute atomic E-state index is 12.8. The standard InChI is InChI=1S/C10H12BrFN2.ClH/c11-9-5-7(12)1-2-8(9)10-6-13-3-4-14-10;/h1-2,5,10,13-14H,3-4,6H2;1H/t10-;/m1./s1. The van der Waals surface area contributed by atoms with Crippen molar-refractivity contribution < 1.29 is 4.39 Å². The van der Waals surface area contributed by atoms with Crippen LogP contribution in [0, 0.1) is 5.82 Å². The first kappa shape index (κ1) is 12.9. The molecular weight excluding hydrogens is 282 g/mol. The molecule has 2 rings (SSSR count). The molecule has 1 aromatic carbocycles. The Bertz CT molecular complexity index is 329. The van der Waals surface area contributed by atoms with E-state index in [0.29, 0.717) is 0 Å². The van der Waals surface area contributed by atoms with Gasteiger partial charge in [0.1, 0.15) is 5.82 Å². The van der Waals surface area contributed by atoms with E-state index in [0.717, 1.165) is 29.7 Å². The van der Waals surface area contributed by atoms with Gasteiger partial charge < -0.3 is 10.6 Å². The third kappa shape index (κ3) is 3.14. The lowest BCUT2D eigenvalue weighted by atomic mass is 10.1. The molecule has 0 aromatic heterocycles. The zero-order valence-electron chi connectivity index (χ0n) is 8.09. The highest BCUT2D eigenvalue weighted by molar-refractivity contribution is 9.10. The molecule has 15 heavy (non-hydrogen) atoms. The molecule has 1 heterocycles. The van der Waals surface area contributed by atoms with Gasteiger partial charge in [0.25, 0.3) is 0 Å². The number of hydrogen-bond acceptors (Lipinski definition) is 2. The van der Waals surface area contributed by atoms with Crippen LogP contribution >= 0.6 is 28.3 Å². The molecule has 1 aromatic rings. The first-order valence-corrected chi connectivity index (χ1v) is 5.46. The SMILES string of the molecule is Cl.Fc1ccc([C@H]2CNCCN2)c(Br)c1. The number of benzene rings is 1. The van der Waals surface area contributed by atoms with Crippen LogP contribution in [0.3, 0.4) is 0 Å². The molecule has 2 nitrogen and oxygen atoms in total. The lowest BCUT2D eigenvalue weighted by Crippen LogP contribution is -2.42. The van der Waals surface area contributed by atoms with Gasteiger partial charge in [0.2, 0.25) is 0 Å². The van der Waals surface area contributed by atoms with Crippen molar-refractivity contribution in [3.05, 3.63) is 34.1 Å². The predicted molar refractivity (Wildman–Crippen MR) is 65.0 cm³/mol. The first-order chi connectivity index (χ1) is 6.77. The second-order valence-electron chi connectivity index (χ2n) is 3.38. The average molecular weight is 296 g/mol. The van der Waals surface area contributed by atoms with Crippen molar-refractivity contribution in [2.75, 3.05) is 19.6 Å². The smallest absolute Gasteiger partial charge is 0.124 e. The summed E-state index contributed by atoms with van der Waals surface area (Å²) >= 11 is 3.37. The number of piperazine rings is 1. The quantitative estimate of drug-likeness (QED) is 0.830. The fraction of sp³-hybridized carbons (Fsp3) is 0.400. The Labute approximate surface area is 103 Å². The van der Waals surface area contributed by atoms with Crippen LogP contribution in [-0.4, -0.2) is 19.6 Å². The zero-order valence-corrected chi connectivity index (χ0v) is 10.5. The van der Waals surface area contributed by atoms with E-state index in [1.165, 1.54) is 12.1 Å². The lowest BCUT2D eigenvalue weighted by molar-refractivity contribution is 0.428. The molecule has 0 unspecified atom stereocenters. The molecular formula is C10H13BrClFN2. The summed E-state index contributed by atoms with van der Waals surface area (Å²) in [5, 5.41) is 6.68. The van der Waals surface area contributed by atoms with Crippen molar-refractivity contribution >= 4 is 28.3 Å². The van der Waals surface area contributed by atoms with Crippen LogP contribution in [0.4, 0.5) is 4.39 Å². The molecule has 2 N–H and O–H groups in total. The summed E-state index contributed by atoms with van der Waals surface area (Å²) in [5.41, 5.74) is 1.11. The van der Waals surface area contributed by atoms with E-state index in [4.69, 9.17) is 0 Å². The Morgan fingerprint density at radius 3 is 2.73 bits per heavy atom. The zero-order chi connectivity index (χ0) is 9.97. The van der Waals surface area contributed by atoms with Crippen LogP contribution in [0.1, 0.15) is 11.6 Å². The maximum Gasteiger partial charge on any atom is 0.124 e. The highest BCUT2D eigenvalue weighted by atomic mass is 79.9. The topological polar surface area (TPSA) is 24.1 Å². The third-order valence-corrected chi connectivity index (χ3v) is 3.07. The van der Waals surface area contributed by atoms with Gasteiger partial charge in [0, 0.05) is 30.1 Å². The summed E-state index contributed by atoms with van der Waals surface area (Å²) in [6.07, 6.45) is 0. The van der Waals surface area contributed by atoms with Gasteiger partial charge in [-0.2, -0.15) is 0 Å². The van der Waals surface area contributed by atoms with Gasteiger partial charge in [-0.05, 0) is 17.7 Å². The Morgan fingerprint density at radius 2 is 2.13 bits per heavy atom. The van der Waals surface area contributed by atoms with Crippen LogP contribution in [0.15, 0.2) is 22.7 Å². The van der Waals surface area contributed by atoms with Crippen LogP contribution in [0.2, 0.25) is 0 Å². The number of nitrogens with one attached hydrogen (secondary N) is 2. The molecule has 5 heteroatoms. The highest BCUT2D eigenvalue weighted by Gasteiger charge is 2.16. The largest absolute Gasteiger partial charge is 0.314 e. The van der Waals surface area contributed by atoms with Crippen LogP contribution in [0.25, 0.3) is 0 Å². The molecule has 1 saturated heterocycles. The van der Waals surface area contributed by atoms with E-state index in [1.54, 1.807) is 0 Å². The minimum Gasteiger partial charge on any atom is -0.314 e. The summed E-state index contributed by atoms with van der Waals surface area (Å²) < 4.78 is 13.7. The maximum atomic E-state index is 12.8. The Balaban J connectivity index is 0.00000112. The molecule has 1 fully saturated rings. The molecule has 0 bridgehead atoms. The van der Waals surface area contributed by atoms with Crippen LogP contribution in [0.5, 0.6) is 0 Å². The summed E-state index contributed by atoms with van der Waals surface area (Å²) in [6, 6.07) is 5.10. The van der Waals surface area contributed by atoms with Crippen molar-refractivity contribution in [3.63, 3.8) is 0 Å². The van der Waals surface area contributed by atoms with E-state index in [1.807, 2.05) is 6.07 Å². The normalized spacial score (nSPS) is 20.8. The molecule has 0 radical (unpaired) electrons. The molecule has 0 aliphatic carbocycles. The van der Waals surface area contributed by atoms with Gasteiger partial charge in [0.05, 0.1) is 0 Å². The predicted octanol–water partition coefficient (Wildman–Crippen LogP) is 2.24. The third-order valence-electron chi connectivity index (χ3n) is 2.38. The van der Waals surface area contributed by atoms with Gasteiger partial charge in [-0.15, -0.1) is 12.4 Å². The minimum absolute atomic E-state index is 0. The molecule has 1 aliphatic rings. The van der Waals surface area contributed by atoms with Crippen LogP contribution in [-0.2, 0) is 0 Å². The van der Waals surface area contributed by atoms with Crippen molar-refractivity contribution in [1.29, 1.82) is 0 Å². The second-order valence-corrected chi connectivity index (χ2v) is 4.23. The molecule has 84 valence electrons. The van der Waals surface area contributed by atoms with Gasteiger partial charge in [0.15, 0.2) is 0 Å². The second kappa shape index (κ2) is 5.80. The van der Waals surface area contributed by atoms with Gasteiger partial charge in [-0.1, -0.05) is 22.0 Å². The van der Waals surface area contributed by atoms with Gasteiger partial charge in [-0.25, -0.2) is 4.39 Å². The molecule has 0 amide bonds. The Morgan fingerprint density at radius 1 is 1.33 bits per heavy atom. The number of hydrogen-bond donors (Lipinski definition) is 2. The van der Waals surface area contributed by atoms with Gasteiger partial charge >= 0.3 is 0 Å². The summed E-state index contributed by atoms with van der Waals surface area (Å²) in [5.74, 6) is -0.204. The fourth-order valence-electron chi connectivity index (χ4n) is 1.66. The number of halogens is 3. The van der Waals surface area contributed by atoms with Crippen molar-refractivity contribution in [2.45, 2.75) is 6.04 Å². The molecule has 1 atom stereocenters. The van der Waals surface area contributed by atoms with Crippen molar-refractivity contribution in [1.82, 2.24) is 10.6 Å². The van der Waals surface area contributed by atoms with Crippen molar-refractivity contribution in [2.24, 2.45) is 0 Å². The summed E-state index contributed by atoms with van der Waals surface area (Å²) in [6.45, 7) is 2.84. The highest BCUT2D eigenvalue weighted by Crippen LogP contribution is 2.24. The van der Waals surface area contributed by atoms with E-state index in [-0.39, 0.29) is 24.3 Å². The first-order valence-electron chi connectivity index (χ1n) is 4.66. The fourth-order valence-corrected chi connectivity index (χ4v) is 2.28. The Hall–Kier alpha value is -0.160. The van der Waals surface area contributed by atoms with E-state index >= 15 is 0 Å². The van der Waals surface area contributed by atoms with E-state index in [9.17, 15) is 4.39 Å². The van der Waals surface area contributed by atoms with E-state index < -0.39 is 0 Å². The van der Waals surface area contributed by atoms with Gasteiger partial charge in [-0.3, -0.25) is 0 Å². The molecule has 0 spiro atoms. The summed E-state index contributed by atoms with van der Waals surface area (Å²) in [4.78, 5) is 0. The molecule has 1 aliphatic heterocycles. The Kier molecular flexibility index (Phi) is 4.99. The van der Waals surface area contributed by atoms with Crippen LogP contribution < -0.4 is 10.6 Å². The average Bonchev–Trinajstić information content (AvgIpc) is 2.19. The monoisotopic (exact) mass is 294 g/mol. The number of rotatable bonds is 1.